The van der Waals surface area contributed by atoms with Crippen molar-refractivity contribution in [2.24, 2.45) is 0 Å². The van der Waals surface area contributed by atoms with Gasteiger partial charge < -0.3 is 9.64 Å². The highest BCUT2D eigenvalue weighted by atomic mass is 32.1. The summed E-state index contributed by atoms with van der Waals surface area (Å²) in [6, 6.07) is 7.46. The largest absolute Gasteiger partial charge is 0.494 e. The summed E-state index contributed by atoms with van der Waals surface area (Å²) < 4.78 is 6.48. The number of hydrogen-bond donors (Lipinski definition) is 1. The number of hydrogen-bond acceptors (Lipinski definition) is 7. The topological polar surface area (TPSA) is 80.2 Å². The minimum absolute atomic E-state index is 0.278. The van der Waals surface area contributed by atoms with Gasteiger partial charge in [-0.25, -0.2) is 15.0 Å². The molecule has 0 atom stereocenters. The molecule has 2 aromatic heterocycles. The number of carbonyl (C=O) groups excluding carboxylic acids is 1. The first-order chi connectivity index (χ1) is 13.2. The summed E-state index contributed by atoms with van der Waals surface area (Å²) in [6.07, 6.45) is 5.01. The summed E-state index contributed by atoms with van der Waals surface area (Å²) in [7, 11) is 0. The molecular formula is C19H21N5O2S. The fraction of sp³-hybridized carbons (Fsp3) is 0.368. The zero-order valence-corrected chi connectivity index (χ0v) is 16.0. The number of rotatable bonds is 5. The van der Waals surface area contributed by atoms with Crippen LogP contribution < -0.4 is 15.0 Å². The molecule has 1 amide bonds. The van der Waals surface area contributed by atoms with E-state index in [1.54, 1.807) is 6.07 Å². The van der Waals surface area contributed by atoms with E-state index in [1.807, 2.05) is 25.1 Å². The van der Waals surface area contributed by atoms with Gasteiger partial charge in [-0.1, -0.05) is 11.3 Å². The predicted molar refractivity (Wildman–Crippen MR) is 107 cm³/mol. The van der Waals surface area contributed by atoms with E-state index < -0.39 is 0 Å². The van der Waals surface area contributed by atoms with Crippen molar-refractivity contribution in [2.45, 2.75) is 26.2 Å². The van der Waals surface area contributed by atoms with Gasteiger partial charge in [0.25, 0.3) is 5.91 Å². The van der Waals surface area contributed by atoms with Gasteiger partial charge in [0, 0.05) is 19.2 Å². The van der Waals surface area contributed by atoms with E-state index in [9.17, 15) is 4.79 Å². The first kappa shape index (κ1) is 17.7. The van der Waals surface area contributed by atoms with Crippen LogP contribution in [-0.4, -0.2) is 40.6 Å². The van der Waals surface area contributed by atoms with Crippen LogP contribution in [0, 0.1) is 0 Å². The normalized spacial score (nSPS) is 14.3. The molecule has 1 saturated heterocycles. The Balaban J connectivity index is 1.51. The van der Waals surface area contributed by atoms with Gasteiger partial charge in [0.1, 0.15) is 23.6 Å². The molecule has 0 spiro atoms. The maximum Gasteiger partial charge on any atom is 0.276 e. The number of benzene rings is 1. The maximum atomic E-state index is 12.6. The van der Waals surface area contributed by atoms with E-state index in [2.05, 4.69) is 25.2 Å². The highest BCUT2D eigenvalue weighted by Gasteiger charge is 2.16. The molecule has 27 heavy (non-hydrogen) atoms. The third-order valence-corrected chi connectivity index (χ3v) is 5.39. The second-order valence-corrected chi connectivity index (χ2v) is 7.38. The minimum atomic E-state index is -0.278. The molecule has 8 heteroatoms. The molecule has 1 fully saturated rings. The van der Waals surface area contributed by atoms with Crippen LogP contribution in [0.5, 0.6) is 5.75 Å². The first-order valence-electron chi connectivity index (χ1n) is 9.14. The monoisotopic (exact) mass is 383 g/mol. The molecule has 4 rings (SSSR count). The lowest BCUT2D eigenvalue weighted by atomic mass is 10.1. The Hall–Kier alpha value is -2.74. The number of nitrogens with one attached hydrogen (secondary N) is 1. The number of piperidine rings is 1. The number of fused-ring (bicyclic) bond motifs is 1. The van der Waals surface area contributed by atoms with E-state index >= 15 is 0 Å². The Kier molecular flexibility index (Phi) is 5.15. The van der Waals surface area contributed by atoms with Gasteiger partial charge in [0.2, 0.25) is 0 Å². The molecule has 140 valence electrons. The Labute approximate surface area is 161 Å². The summed E-state index contributed by atoms with van der Waals surface area (Å²) in [5, 5.41) is 3.39. The number of carbonyl (C=O) groups is 1. The first-order valence-corrected chi connectivity index (χ1v) is 9.96. The third-order valence-electron chi connectivity index (χ3n) is 4.46. The quantitative estimate of drug-likeness (QED) is 0.723. The van der Waals surface area contributed by atoms with Gasteiger partial charge in [-0.3, -0.25) is 10.1 Å². The average molecular weight is 383 g/mol. The van der Waals surface area contributed by atoms with E-state index in [0.717, 1.165) is 47.7 Å². The van der Waals surface area contributed by atoms with Crippen LogP contribution in [-0.2, 0) is 0 Å². The Morgan fingerprint density at radius 2 is 2.07 bits per heavy atom. The minimum Gasteiger partial charge on any atom is -0.494 e. The van der Waals surface area contributed by atoms with E-state index in [1.165, 1.54) is 24.1 Å². The standard InChI is InChI=1S/C19H21N5O2S/c1-2-26-13-6-7-14-16(10-13)27-19(22-14)23-18(25)15-11-17(21-12-20-15)24-8-4-3-5-9-24/h6-7,10-12H,2-5,8-9H2,1H3,(H,22,23,25). The summed E-state index contributed by atoms with van der Waals surface area (Å²) >= 11 is 1.42. The van der Waals surface area contributed by atoms with Crippen LogP contribution >= 0.6 is 11.3 Å². The zero-order chi connectivity index (χ0) is 18.6. The van der Waals surface area contributed by atoms with Crippen molar-refractivity contribution in [1.82, 2.24) is 15.0 Å². The van der Waals surface area contributed by atoms with Gasteiger partial charge in [0.05, 0.1) is 16.8 Å². The van der Waals surface area contributed by atoms with E-state index in [-0.39, 0.29) is 5.91 Å². The summed E-state index contributed by atoms with van der Waals surface area (Å²) in [5.74, 6) is 1.33. The molecule has 7 nitrogen and oxygen atoms in total. The number of nitrogens with zero attached hydrogens (tertiary/aromatic N) is 4. The van der Waals surface area contributed by atoms with Crippen molar-refractivity contribution in [3.05, 3.63) is 36.3 Å². The fourth-order valence-corrected chi connectivity index (χ4v) is 4.03. The lowest BCUT2D eigenvalue weighted by molar-refractivity contribution is 0.102. The van der Waals surface area contributed by atoms with Crippen molar-refractivity contribution in [2.75, 3.05) is 29.9 Å². The van der Waals surface area contributed by atoms with Crippen LogP contribution in [0.2, 0.25) is 0 Å². The Morgan fingerprint density at radius 1 is 1.22 bits per heavy atom. The highest BCUT2D eigenvalue weighted by molar-refractivity contribution is 7.22. The molecule has 3 aromatic rings. The molecule has 0 unspecified atom stereocenters. The van der Waals surface area contributed by atoms with Crippen LogP contribution in [0.3, 0.4) is 0 Å². The third kappa shape index (κ3) is 4.00. The number of aromatic nitrogens is 3. The molecule has 0 saturated carbocycles. The number of amides is 1. The molecule has 1 aliphatic rings. The summed E-state index contributed by atoms with van der Waals surface area (Å²) in [4.78, 5) is 27.7. The Morgan fingerprint density at radius 3 is 2.89 bits per heavy atom. The van der Waals surface area contributed by atoms with E-state index in [0.29, 0.717) is 17.4 Å². The van der Waals surface area contributed by atoms with Crippen LogP contribution in [0.15, 0.2) is 30.6 Å². The molecule has 0 radical (unpaired) electrons. The number of thiazole rings is 1. The molecule has 1 aliphatic heterocycles. The molecule has 0 bridgehead atoms. The summed E-state index contributed by atoms with van der Waals surface area (Å²) in [6.45, 7) is 4.50. The average Bonchev–Trinajstić information content (AvgIpc) is 3.10. The molecule has 0 aliphatic carbocycles. The SMILES string of the molecule is CCOc1ccc2nc(NC(=O)c3cc(N4CCCCC4)ncn3)sc2c1. The second-order valence-electron chi connectivity index (χ2n) is 6.34. The van der Waals surface area contributed by atoms with Gasteiger partial charge in [-0.05, 0) is 44.4 Å². The number of ether oxygens (including phenoxy) is 1. The van der Waals surface area contributed by atoms with Crippen molar-refractivity contribution in [1.29, 1.82) is 0 Å². The summed E-state index contributed by atoms with van der Waals surface area (Å²) in [5.41, 5.74) is 1.18. The molecular weight excluding hydrogens is 362 g/mol. The fourth-order valence-electron chi connectivity index (χ4n) is 3.14. The van der Waals surface area contributed by atoms with Crippen LogP contribution in [0.25, 0.3) is 10.2 Å². The zero-order valence-electron chi connectivity index (χ0n) is 15.1. The lowest BCUT2D eigenvalue weighted by Gasteiger charge is -2.27. The van der Waals surface area contributed by atoms with Crippen LogP contribution in [0.1, 0.15) is 36.7 Å². The second kappa shape index (κ2) is 7.87. The predicted octanol–water partition coefficient (Wildman–Crippen LogP) is 3.73. The van der Waals surface area contributed by atoms with E-state index in [4.69, 9.17) is 4.74 Å². The smallest absolute Gasteiger partial charge is 0.276 e. The van der Waals surface area contributed by atoms with Crippen LogP contribution in [0.4, 0.5) is 10.9 Å². The van der Waals surface area contributed by atoms with Gasteiger partial charge >= 0.3 is 0 Å². The van der Waals surface area contributed by atoms with Gasteiger partial charge in [-0.15, -0.1) is 0 Å². The highest BCUT2D eigenvalue weighted by Crippen LogP contribution is 2.29. The number of anilines is 2. The molecule has 1 N–H and O–H groups in total. The van der Waals surface area contributed by atoms with Crippen molar-refractivity contribution in [3.63, 3.8) is 0 Å². The molecule has 1 aromatic carbocycles. The lowest BCUT2D eigenvalue weighted by Crippen LogP contribution is -2.30. The van der Waals surface area contributed by atoms with Gasteiger partial charge in [0.15, 0.2) is 5.13 Å². The Bertz CT molecular complexity index is 952. The van der Waals surface area contributed by atoms with Crippen molar-refractivity contribution >= 4 is 38.4 Å². The molecule has 3 heterocycles. The van der Waals surface area contributed by atoms with Crippen molar-refractivity contribution in [3.8, 4) is 5.75 Å². The maximum absolute atomic E-state index is 12.6. The van der Waals surface area contributed by atoms with Gasteiger partial charge in [-0.2, -0.15) is 0 Å². The van der Waals surface area contributed by atoms with Crippen molar-refractivity contribution < 1.29 is 9.53 Å².